The van der Waals surface area contributed by atoms with Crippen LogP contribution in [-0.2, 0) is 21.4 Å². The van der Waals surface area contributed by atoms with Gasteiger partial charge >= 0.3 is 0 Å². The molecule has 3 heterocycles. The Bertz CT molecular complexity index is 1120. The van der Waals surface area contributed by atoms with Crippen LogP contribution in [0.3, 0.4) is 0 Å². The summed E-state index contributed by atoms with van der Waals surface area (Å²) in [5, 5.41) is 7.48. The zero-order chi connectivity index (χ0) is 19.5. The molecule has 6 nitrogen and oxygen atoms in total. The van der Waals surface area contributed by atoms with Crippen LogP contribution in [0.1, 0.15) is 30.0 Å². The van der Waals surface area contributed by atoms with E-state index in [0.29, 0.717) is 5.82 Å². The minimum absolute atomic E-state index is 0.0840. The molecule has 0 radical (unpaired) electrons. The molecule has 0 saturated carbocycles. The summed E-state index contributed by atoms with van der Waals surface area (Å²) in [5.74, 6) is 0.294. The number of benzene rings is 2. The number of nitrogens with zero attached hydrogens (tertiary/aromatic N) is 3. The third kappa shape index (κ3) is 2.05. The Balaban J connectivity index is 1.73. The smallest absolute Gasteiger partial charge is 0.242 e. The number of aryl methyl sites for hydroxylation is 1. The lowest BCUT2D eigenvalue weighted by atomic mass is 9.72. The predicted molar refractivity (Wildman–Crippen MR) is 107 cm³/mol. The Morgan fingerprint density at radius 1 is 1.07 bits per heavy atom. The molecule has 0 unspecified atom stereocenters. The number of rotatable bonds is 2. The predicted octanol–water partition coefficient (Wildman–Crippen LogP) is 3.04. The highest BCUT2D eigenvalue weighted by atomic mass is 16.2. The Hall–Kier alpha value is -3.41. The van der Waals surface area contributed by atoms with E-state index < -0.39 is 5.41 Å². The summed E-state index contributed by atoms with van der Waals surface area (Å²) < 4.78 is 1.71. The topological polar surface area (TPSA) is 67.2 Å². The quantitative estimate of drug-likeness (QED) is 0.752. The molecular weight excluding hydrogens is 352 g/mol. The second-order valence-corrected chi connectivity index (χ2v) is 7.35. The van der Waals surface area contributed by atoms with Crippen LogP contribution in [0.15, 0.2) is 54.7 Å². The van der Waals surface area contributed by atoms with Crippen LogP contribution in [0.25, 0.3) is 5.69 Å². The van der Waals surface area contributed by atoms with Gasteiger partial charge in [0.2, 0.25) is 11.8 Å². The molecule has 0 aliphatic carbocycles. The maximum absolute atomic E-state index is 13.4. The van der Waals surface area contributed by atoms with Gasteiger partial charge in [0.25, 0.3) is 0 Å². The van der Waals surface area contributed by atoms with Gasteiger partial charge in [-0.05, 0) is 35.7 Å². The summed E-state index contributed by atoms with van der Waals surface area (Å²) in [6.45, 7) is 2.11. The summed E-state index contributed by atoms with van der Waals surface area (Å²) in [6.07, 6.45) is 2.76. The van der Waals surface area contributed by atoms with Crippen molar-refractivity contribution in [2.45, 2.75) is 25.2 Å². The standard InChI is InChI=1S/C22H20N4O2/c1-3-14-8-10-15(11-9-14)26-20-17(13-23-26)22(12-19(27)24-20)16-6-4-5-7-18(16)25(2)21(22)28/h4-11,13H,3,12H2,1-2H3,(H,24,27)/t22-/m1/s1. The number of carbonyl (C=O) groups excluding carboxylic acids is 2. The van der Waals surface area contributed by atoms with Gasteiger partial charge in [-0.2, -0.15) is 5.10 Å². The van der Waals surface area contributed by atoms with Gasteiger partial charge in [0.1, 0.15) is 11.2 Å². The van der Waals surface area contributed by atoms with E-state index in [1.54, 1.807) is 22.8 Å². The Labute approximate surface area is 162 Å². The molecule has 2 aliphatic heterocycles. The van der Waals surface area contributed by atoms with E-state index in [1.165, 1.54) is 5.56 Å². The van der Waals surface area contributed by atoms with Gasteiger partial charge in [-0.3, -0.25) is 9.59 Å². The Kier molecular flexibility index (Phi) is 3.46. The van der Waals surface area contributed by atoms with Gasteiger partial charge in [-0.15, -0.1) is 0 Å². The summed E-state index contributed by atoms with van der Waals surface area (Å²) in [6, 6.07) is 15.7. The lowest BCUT2D eigenvalue weighted by Crippen LogP contribution is -2.45. The average molecular weight is 372 g/mol. The maximum Gasteiger partial charge on any atom is 0.242 e. The van der Waals surface area contributed by atoms with Crippen LogP contribution < -0.4 is 10.2 Å². The van der Waals surface area contributed by atoms with E-state index in [2.05, 4.69) is 17.3 Å². The van der Waals surface area contributed by atoms with E-state index in [-0.39, 0.29) is 18.2 Å². The second-order valence-electron chi connectivity index (χ2n) is 7.35. The molecule has 0 fully saturated rings. The van der Waals surface area contributed by atoms with E-state index in [0.717, 1.165) is 28.9 Å². The summed E-state index contributed by atoms with van der Waals surface area (Å²) in [4.78, 5) is 27.7. The largest absolute Gasteiger partial charge is 0.314 e. The highest BCUT2D eigenvalue weighted by Gasteiger charge is 2.56. The molecule has 5 rings (SSSR count). The zero-order valence-corrected chi connectivity index (χ0v) is 15.8. The number of hydrogen-bond acceptors (Lipinski definition) is 3. The Morgan fingerprint density at radius 3 is 2.57 bits per heavy atom. The minimum atomic E-state index is -1.02. The minimum Gasteiger partial charge on any atom is -0.314 e. The second kappa shape index (κ2) is 5.79. The lowest BCUT2D eigenvalue weighted by Gasteiger charge is -2.32. The zero-order valence-electron chi connectivity index (χ0n) is 15.8. The highest BCUT2D eigenvalue weighted by molar-refractivity contribution is 6.15. The van der Waals surface area contributed by atoms with Gasteiger partial charge in [0, 0.05) is 24.7 Å². The highest BCUT2D eigenvalue weighted by Crippen LogP contribution is 2.51. The fraction of sp³-hybridized carbons (Fsp3) is 0.227. The van der Waals surface area contributed by atoms with Crippen molar-refractivity contribution in [3.63, 3.8) is 0 Å². The molecule has 2 aliphatic rings. The number of anilines is 2. The summed E-state index contributed by atoms with van der Waals surface area (Å²) in [7, 11) is 1.76. The fourth-order valence-corrected chi connectivity index (χ4v) is 4.43. The van der Waals surface area contributed by atoms with E-state index >= 15 is 0 Å². The molecule has 1 atom stereocenters. The number of likely N-dealkylation sites (N-methyl/N-ethyl adjacent to an activating group) is 1. The average Bonchev–Trinajstić information content (AvgIpc) is 3.23. The molecule has 1 aromatic heterocycles. The molecule has 0 bridgehead atoms. The van der Waals surface area contributed by atoms with Gasteiger partial charge in [0.15, 0.2) is 0 Å². The van der Waals surface area contributed by atoms with E-state index in [9.17, 15) is 9.59 Å². The summed E-state index contributed by atoms with van der Waals surface area (Å²) in [5.41, 5.74) is 3.50. The van der Waals surface area contributed by atoms with Crippen molar-refractivity contribution in [2.75, 3.05) is 17.3 Å². The molecule has 28 heavy (non-hydrogen) atoms. The van der Waals surface area contributed by atoms with Crippen molar-refractivity contribution in [2.24, 2.45) is 0 Å². The van der Waals surface area contributed by atoms with Crippen LogP contribution in [0.5, 0.6) is 0 Å². The fourth-order valence-electron chi connectivity index (χ4n) is 4.43. The number of amides is 2. The van der Waals surface area contributed by atoms with Crippen molar-refractivity contribution in [1.29, 1.82) is 0 Å². The number of carbonyl (C=O) groups is 2. The molecule has 140 valence electrons. The van der Waals surface area contributed by atoms with Crippen molar-refractivity contribution in [3.05, 3.63) is 71.4 Å². The van der Waals surface area contributed by atoms with Gasteiger partial charge < -0.3 is 10.2 Å². The molecule has 2 amide bonds. The molecule has 2 aromatic carbocycles. The monoisotopic (exact) mass is 372 g/mol. The van der Waals surface area contributed by atoms with E-state index in [1.807, 2.05) is 48.5 Å². The number of fused-ring (bicyclic) bond motifs is 4. The maximum atomic E-state index is 13.4. The van der Waals surface area contributed by atoms with Gasteiger partial charge in [-0.1, -0.05) is 37.3 Å². The van der Waals surface area contributed by atoms with E-state index in [4.69, 9.17) is 0 Å². The van der Waals surface area contributed by atoms with Crippen molar-refractivity contribution >= 4 is 23.3 Å². The van der Waals surface area contributed by atoms with Crippen LogP contribution in [0.4, 0.5) is 11.5 Å². The first kappa shape index (κ1) is 16.7. The summed E-state index contributed by atoms with van der Waals surface area (Å²) >= 11 is 0. The van der Waals surface area contributed by atoms with Gasteiger partial charge in [0.05, 0.1) is 11.9 Å². The first-order chi connectivity index (χ1) is 13.6. The molecule has 0 saturated heterocycles. The number of aromatic nitrogens is 2. The number of para-hydroxylation sites is 1. The molecule has 3 aromatic rings. The van der Waals surface area contributed by atoms with Crippen molar-refractivity contribution in [1.82, 2.24) is 9.78 Å². The molecule has 6 heteroatoms. The van der Waals surface area contributed by atoms with Crippen molar-refractivity contribution < 1.29 is 9.59 Å². The molecule has 1 N–H and O–H groups in total. The van der Waals surface area contributed by atoms with Crippen LogP contribution >= 0.6 is 0 Å². The Morgan fingerprint density at radius 2 is 1.82 bits per heavy atom. The van der Waals surface area contributed by atoms with Crippen molar-refractivity contribution in [3.8, 4) is 5.69 Å². The SMILES string of the molecule is CCc1ccc(-n2ncc3c2NC(=O)C[C@]32C(=O)N(C)c3ccccc32)cc1. The first-order valence-electron chi connectivity index (χ1n) is 9.41. The normalized spacial score (nSPS) is 20.3. The third-order valence-corrected chi connectivity index (χ3v) is 5.90. The van der Waals surface area contributed by atoms with Gasteiger partial charge in [-0.25, -0.2) is 4.68 Å². The van der Waals surface area contributed by atoms with Crippen LogP contribution in [0.2, 0.25) is 0 Å². The van der Waals surface area contributed by atoms with Crippen LogP contribution in [-0.4, -0.2) is 28.6 Å². The molecule has 1 spiro atoms. The number of nitrogens with one attached hydrogen (secondary N) is 1. The third-order valence-electron chi connectivity index (χ3n) is 5.90. The van der Waals surface area contributed by atoms with Crippen LogP contribution in [0, 0.1) is 0 Å². The number of hydrogen-bond donors (Lipinski definition) is 1. The first-order valence-corrected chi connectivity index (χ1v) is 9.41. The molecular formula is C22H20N4O2. The lowest BCUT2D eigenvalue weighted by molar-refractivity contribution is -0.126.